The summed E-state index contributed by atoms with van der Waals surface area (Å²) >= 11 is 0. The number of hydrogen-bond acceptors (Lipinski definition) is 4. The highest BCUT2D eigenvalue weighted by atomic mass is 16.3. The number of nitrogens with zero attached hydrogens (tertiary/aromatic N) is 4. The fourth-order valence-electron chi connectivity index (χ4n) is 8.90. The van der Waals surface area contributed by atoms with Crippen LogP contribution in [0.4, 0.5) is 17.1 Å². The molecular weight excluding hydrogens is 721 g/mol. The Kier molecular flexibility index (Phi) is 7.47. The second kappa shape index (κ2) is 13.3. The number of hydrogen-bond donors (Lipinski definition) is 0. The molecule has 0 saturated heterocycles. The molecule has 0 aliphatic heterocycles. The molecule has 0 N–H and O–H groups in total. The van der Waals surface area contributed by atoms with Crippen molar-refractivity contribution in [2.24, 2.45) is 0 Å². The lowest BCUT2D eigenvalue weighted by Crippen LogP contribution is -2.10. The number of anilines is 3. The maximum Gasteiger partial charge on any atom is 0.235 e. The SMILES string of the molecule is c1ccc(-c2ccc3c(ccc4oc5c(ccc6c5c5ccc(N(c7ccccc7)c7ccccc7)cc5n6-c5nc(-c6ccccc6)c6ccccc6n5)c43)c2)cc1. The van der Waals surface area contributed by atoms with Crippen molar-refractivity contribution < 1.29 is 4.42 Å². The predicted octanol–water partition coefficient (Wildman–Crippen LogP) is 14.6. The van der Waals surface area contributed by atoms with E-state index in [1.54, 1.807) is 0 Å². The molecule has 0 amide bonds. The maximum atomic E-state index is 6.96. The van der Waals surface area contributed by atoms with Gasteiger partial charge in [-0.15, -0.1) is 0 Å². The Morgan fingerprint density at radius 3 is 1.80 bits per heavy atom. The lowest BCUT2D eigenvalue weighted by atomic mass is 9.98. The van der Waals surface area contributed by atoms with Crippen LogP contribution in [0.15, 0.2) is 211 Å². The summed E-state index contributed by atoms with van der Waals surface area (Å²) in [4.78, 5) is 13.0. The maximum absolute atomic E-state index is 6.96. The van der Waals surface area contributed by atoms with E-state index in [1.807, 2.05) is 12.1 Å². The van der Waals surface area contributed by atoms with E-state index in [9.17, 15) is 0 Å². The molecule has 0 unspecified atom stereocenters. The van der Waals surface area contributed by atoms with Crippen LogP contribution in [0.5, 0.6) is 0 Å². The van der Waals surface area contributed by atoms with Crippen molar-refractivity contribution in [1.29, 1.82) is 0 Å². The molecule has 0 spiro atoms. The molecule has 5 heteroatoms. The van der Waals surface area contributed by atoms with Gasteiger partial charge in [0.25, 0.3) is 0 Å². The summed E-state index contributed by atoms with van der Waals surface area (Å²) in [5.41, 5.74) is 12.0. The van der Waals surface area contributed by atoms with Crippen LogP contribution in [0.2, 0.25) is 0 Å². The average Bonchev–Trinajstić information content (AvgIpc) is 3.86. The smallest absolute Gasteiger partial charge is 0.235 e. The van der Waals surface area contributed by atoms with Crippen LogP contribution in [0.3, 0.4) is 0 Å². The molecule has 5 nitrogen and oxygen atoms in total. The number of benzene rings is 9. The van der Waals surface area contributed by atoms with Gasteiger partial charge in [0, 0.05) is 44.2 Å². The van der Waals surface area contributed by atoms with Crippen LogP contribution in [-0.4, -0.2) is 14.5 Å². The summed E-state index contributed by atoms with van der Waals surface area (Å²) in [6.07, 6.45) is 0. The Bertz CT molecular complexity index is 3500. The van der Waals surface area contributed by atoms with Crippen molar-refractivity contribution in [1.82, 2.24) is 14.5 Å². The summed E-state index contributed by atoms with van der Waals surface area (Å²) in [5.74, 6) is 0.597. The molecule has 276 valence electrons. The monoisotopic (exact) mass is 754 g/mol. The first-order valence-corrected chi connectivity index (χ1v) is 19.9. The van der Waals surface area contributed by atoms with E-state index in [0.717, 1.165) is 88.4 Å². The van der Waals surface area contributed by atoms with E-state index in [-0.39, 0.29) is 0 Å². The largest absolute Gasteiger partial charge is 0.455 e. The minimum absolute atomic E-state index is 0.597. The van der Waals surface area contributed by atoms with Gasteiger partial charge in [-0.05, 0) is 94.7 Å². The molecule has 0 saturated carbocycles. The van der Waals surface area contributed by atoms with E-state index in [0.29, 0.717) is 5.95 Å². The third-order valence-electron chi connectivity index (χ3n) is 11.6. The molecule has 59 heavy (non-hydrogen) atoms. The minimum Gasteiger partial charge on any atom is -0.455 e. The molecule has 9 aromatic carbocycles. The van der Waals surface area contributed by atoms with Gasteiger partial charge in [-0.3, -0.25) is 4.57 Å². The number of rotatable bonds is 6. The van der Waals surface area contributed by atoms with Gasteiger partial charge in [-0.2, -0.15) is 0 Å². The van der Waals surface area contributed by atoms with Gasteiger partial charge < -0.3 is 9.32 Å². The Hall–Kier alpha value is -8.02. The Morgan fingerprint density at radius 1 is 0.407 bits per heavy atom. The number of furan rings is 1. The van der Waals surface area contributed by atoms with Crippen LogP contribution in [0, 0.1) is 0 Å². The van der Waals surface area contributed by atoms with Crippen molar-refractivity contribution in [2.75, 3.05) is 4.90 Å². The Balaban J connectivity index is 1.16. The molecule has 3 heterocycles. The molecule has 0 fully saturated rings. The number of aromatic nitrogens is 3. The molecule has 12 rings (SSSR count). The third kappa shape index (κ3) is 5.33. The Labute approximate surface area is 339 Å². The highest BCUT2D eigenvalue weighted by Gasteiger charge is 2.24. The molecule has 12 aromatic rings. The van der Waals surface area contributed by atoms with Crippen LogP contribution >= 0.6 is 0 Å². The molecule has 0 aliphatic carbocycles. The zero-order valence-corrected chi connectivity index (χ0v) is 31.8. The lowest BCUT2D eigenvalue weighted by Gasteiger charge is -2.25. The Morgan fingerprint density at radius 2 is 1.05 bits per heavy atom. The number of para-hydroxylation sites is 3. The highest BCUT2D eigenvalue weighted by molar-refractivity contribution is 6.28. The lowest BCUT2D eigenvalue weighted by molar-refractivity contribution is 0.673. The van der Waals surface area contributed by atoms with Gasteiger partial charge in [0.15, 0.2) is 0 Å². The predicted molar refractivity (Wildman–Crippen MR) is 244 cm³/mol. The summed E-state index contributed by atoms with van der Waals surface area (Å²) in [5, 5.41) is 7.62. The topological polar surface area (TPSA) is 47.1 Å². The first kappa shape index (κ1) is 33.2. The average molecular weight is 755 g/mol. The highest BCUT2D eigenvalue weighted by Crippen LogP contribution is 2.45. The summed E-state index contributed by atoms with van der Waals surface area (Å²) in [6.45, 7) is 0. The standard InChI is InChI=1S/C54H34N4O/c1-5-15-35(16-6-1)37-25-28-42-38(33-37)26-32-49-50(42)45-30-31-47-51(53(45)59-49)44-29-27-41(57(39-19-9-3-10-20-39)40-21-11-4-12-22-40)34-48(44)58(47)54-55-46-24-14-13-23-43(46)52(56-54)36-17-7-2-8-18-36/h1-34H. The van der Waals surface area contributed by atoms with Crippen LogP contribution < -0.4 is 4.90 Å². The van der Waals surface area contributed by atoms with Crippen molar-refractivity contribution in [3.63, 3.8) is 0 Å². The summed E-state index contributed by atoms with van der Waals surface area (Å²) in [7, 11) is 0. The van der Waals surface area contributed by atoms with E-state index in [2.05, 4.69) is 204 Å². The van der Waals surface area contributed by atoms with Crippen molar-refractivity contribution in [3.05, 3.63) is 206 Å². The van der Waals surface area contributed by atoms with Gasteiger partial charge >= 0.3 is 0 Å². The fourth-order valence-corrected chi connectivity index (χ4v) is 8.90. The van der Waals surface area contributed by atoms with Crippen molar-refractivity contribution >= 4 is 82.5 Å². The van der Waals surface area contributed by atoms with Crippen LogP contribution in [0.25, 0.3) is 93.8 Å². The van der Waals surface area contributed by atoms with Gasteiger partial charge in [-0.1, -0.05) is 133 Å². The second-order valence-electron chi connectivity index (χ2n) is 15.0. The molecular formula is C54H34N4O. The molecule has 0 aliphatic rings. The van der Waals surface area contributed by atoms with Gasteiger partial charge in [-0.25, -0.2) is 9.97 Å². The second-order valence-corrected chi connectivity index (χ2v) is 15.0. The van der Waals surface area contributed by atoms with Gasteiger partial charge in [0.1, 0.15) is 11.2 Å². The van der Waals surface area contributed by atoms with Crippen LogP contribution in [0.1, 0.15) is 0 Å². The first-order valence-electron chi connectivity index (χ1n) is 19.9. The zero-order chi connectivity index (χ0) is 38.9. The summed E-state index contributed by atoms with van der Waals surface area (Å²) in [6, 6.07) is 72.4. The molecule has 0 bridgehead atoms. The molecule has 3 aromatic heterocycles. The van der Waals surface area contributed by atoms with E-state index in [1.165, 1.54) is 16.5 Å². The van der Waals surface area contributed by atoms with E-state index >= 15 is 0 Å². The quantitative estimate of drug-likeness (QED) is 0.170. The zero-order valence-electron chi connectivity index (χ0n) is 31.8. The third-order valence-corrected chi connectivity index (χ3v) is 11.6. The number of fused-ring (bicyclic) bond motifs is 10. The van der Waals surface area contributed by atoms with Crippen molar-refractivity contribution in [3.8, 4) is 28.3 Å². The summed E-state index contributed by atoms with van der Waals surface area (Å²) < 4.78 is 9.18. The fraction of sp³-hybridized carbons (Fsp3) is 0. The molecule has 0 atom stereocenters. The van der Waals surface area contributed by atoms with Gasteiger partial charge in [0.05, 0.1) is 27.6 Å². The van der Waals surface area contributed by atoms with Crippen molar-refractivity contribution in [2.45, 2.75) is 0 Å². The minimum atomic E-state index is 0.597. The first-order chi connectivity index (χ1) is 29.3. The molecule has 0 radical (unpaired) electrons. The van der Waals surface area contributed by atoms with Crippen LogP contribution in [-0.2, 0) is 0 Å². The van der Waals surface area contributed by atoms with Gasteiger partial charge in [0.2, 0.25) is 5.95 Å². The normalized spacial score (nSPS) is 11.7. The van der Waals surface area contributed by atoms with E-state index in [4.69, 9.17) is 14.4 Å². The van der Waals surface area contributed by atoms with E-state index < -0.39 is 0 Å².